The lowest BCUT2D eigenvalue weighted by molar-refractivity contribution is -0.104. The van der Waals surface area contributed by atoms with E-state index in [9.17, 15) is 4.79 Å². The largest absolute Gasteiger partial charge is 0.298 e. The van der Waals surface area contributed by atoms with Gasteiger partial charge in [-0.3, -0.25) is 4.79 Å². The fraction of sp³-hybridized carbons (Fsp3) is 0. The summed E-state index contributed by atoms with van der Waals surface area (Å²) in [5.41, 5.74) is 0.750. The molecule has 2 heteroatoms. The predicted molar refractivity (Wildman–Crippen MR) is 29.0 cm³/mol. The van der Waals surface area contributed by atoms with E-state index < -0.39 is 0 Å². The van der Waals surface area contributed by atoms with Gasteiger partial charge in [0.1, 0.15) is 6.29 Å². The minimum absolute atomic E-state index is 0.750. The van der Waals surface area contributed by atoms with Crippen molar-refractivity contribution in [3.63, 3.8) is 0 Å². The number of hydrogen-bond acceptors (Lipinski definition) is 1. The number of carbonyl (C=O) groups excluding carboxylic acids is 1. The van der Waals surface area contributed by atoms with Crippen LogP contribution in [-0.4, -0.2) is 13.6 Å². The van der Waals surface area contributed by atoms with Gasteiger partial charge in [0.15, 0.2) is 7.28 Å². The predicted octanol–water partition coefficient (Wildman–Crippen LogP) is 0.301. The third-order valence-electron chi connectivity index (χ3n) is 0.825. The minimum atomic E-state index is 0.750. The average molecular weight is 90.9 g/mol. The zero-order valence-corrected chi connectivity index (χ0v) is 3.79. The molecule has 0 atom stereocenters. The lowest BCUT2D eigenvalue weighted by atomic mass is 9.82. The smallest absolute Gasteiger partial charge is 0.172 e. The Hall–Kier alpha value is -0.785. The van der Waals surface area contributed by atoms with Crippen molar-refractivity contribution in [3.05, 3.63) is 23.6 Å². The highest BCUT2D eigenvalue weighted by Crippen LogP contribution is 1.96. The third kappa shape index (κ3) is 0.799. The Kier molecular flexibility index (Phi) is 1.11. The Balaban J connectivity index is 2.69. The van der Waals surface area contributed by atoms with E-state index in [1.807, 2.05) is 13.3 Å². The first-order chi connectivity index (χ1) is 3.43. The highest BCUT2D eigenvalue weighted by atomic mass is 16.1. The van der Waals surface area contributed by atoms with Gasteiger partial charge >= 0.3 is 0 Å². The van der Waals surface area contributed by atoms with Gasteiger partial charge in [-0.1, -0.05) is 6.08 Å². The summed E-state index contributed by atoms with van der Waals surface area (Å²) < 4.78 is 0. The molecule has 0 amide bonds. The van der Waals surface area contributed by atoms with Crippen LogP contribution in [0.1, 0.15) is 0 Å². The second kappa shape index (κ2) is 1.78. The maximum absolute atomic E-state index is 9.87. The van der Waals surface area contributed by atoms with Crippen LogP contribution in [0.15, 0.2) is 23.6 Å². The van der Waals surface area contributed by atoms with Crippen LogP contribution < -0.4 is 0 Å². The molecule has 0 spiro atoms. The Morgan fingerprint density at radius 1 is 1.71 bits per heavy atom. The minimum Gasteiger partial charge on any atom is -0.298 e. The van der Waals surface area contributed by atoms with Crippen LogP contribution in [0.2, 0.25) is 0 Å². The molecule has 0 aromatic heterocycles. The Morgan fingerprint density at radius 2 is 2.57 bits per heavy atom. The van der Waals surface area contributed by atoms with Crippen LogP contribution in [0, 0.1) is 0 Å². The number of rotatable bonds is 1. The van der Waals surface area contributed by atoms with E-state index >= 15 is 0 Å². The van der Waals surface area contributed by atoms with Crippen LogP contribution >= 0.6 is 0 Å². The summed E-state index contributed by atoms with van der Waals surface area (Å²) in [6, 6.07) is 0. The molecule has 0 aromatic rings. The van der Waals surface area contributed by atoms with Gasteiger partial charge in [-0.2, -0.15) is 0 Å². The molecule has 0 fully saturated rings. The highest BCUT2D eigenvalue weighted by molar-refractivity contribution is 6.50. The molecule has 0 N–H and O–H groups in total. The second-order valence-corrected chi connectivity index (χ2v) is 1.34. The van der Waals surface area contributed by atoms with Gasteiger partial charge < -0.3 is 0 Å². The van der Waals surface area contributed by atoms with Crippen molar-refractivity contribution in [2.24, 2.45) is 0 Å². The summed E-state index contributed by atoms with van der Waals surface area (Å²) in [4.78, 5) is 9.87. The molecule has 1 heterocycles. The molecule has 0 aliphatic carbocycles. The average Bonchev–Trinajstić information content (AvgIpc) is 2.14. The van der Waals surface area contributed by atoms with E-state index in [2.05, 4.69) is 0 Å². The first-order valence-corrected chi connectivity index (χ1v) is 2.10. The molecule has 1 aliphatic rings. The van der Waals surface area contributed by atoms with E-state index in [1.165, 1.54) is 0 Å². The Morgan fingerprint density at radius 3 is 2.86 bits per heavy atom. The lowest BCUT2D eigenvalue weighted by Gasteiger charge is -1.73. The van der Waals surface area contributed by atoms with E-state index in [0.29, 0.717) is 0 Å². The quantitative estimate of drug-likeness (QED) is 0.335. The third-order valence-corrected chi connectivity index (χ3v) is 0.825. The number of hydrogen-bond donors (Lipinski definition) is 0. The van der Waals surface area contributed by atoms with Gasteiger partial charge in [-0.25, -0.2) is 0 Å². The zero-order chi connectivity index (χ0) is 5.11. The molecule has 0 bridgehead atoms. The van der Waals surface area contributed by atoms with E-state index in [0.717, 1.165) is 11.9 Å². The molecule has 0 saturated heterocycles. The molecule has 0 unspecified atom stereocenters. The molecule has 7 heavy (non-hydrogen) atoms. The van der Waals surface area contributed by atoms with Crippen molar-refractivity contribution in [1.82, 2.24) is 0 Å². The number of carbonyl (C=O) groups is 1. The van der Waals surface area contributed by atoms with Crippen LogP contribution in [0.5, 0.6) is 0 Å². The van der Waals surface area contributed by atoms with Crippen molar-refractivity contribution >= 4 is 13.6 Å². The van der Waals surface area contributed by atoms with Crippen LogP contribution in [0.25, 0.3) is 0 Å². The molecular weight excluding hydrogens is 86.9 g/mol. The summed E-state index contributed by atoms with van der Waals surface area (Å²) >= 11 is 0. The SMILES string of the molecule is O=CC1=C[B]C=C1. The van der Waals surface area contributed by atoms with Crippen LogP contribution in [0.4, 0.5) is 0 Å². The van der Waals surface area contributed by atoms with E-state index in [1.54, 1.807) is 12.1 Å². The van der Waals surface area contributed by atoms with E-state index in [4.69, 9.17) is 0 Å². The highest BCUT2D eigenvalue weighted by Gasteiger charge is 1.92. The summed E-state index contributed by atoms with van der Waals surface area (Å²) in [6.07, 6.45) is 2.60. The summed E-state index contributed by atoms with van der Waals surface area (Å²) in [6.45, 7) is 0. The molecule has 0 saturated carbocycles. The van der Waals surface area contributed by atoms with Gasteiger partial charge in [0, 0.05) is 5.57 Å². The lowest BCUT2D eigenvalue weighted by Crippen LogP contribution is -1.72. The topological polar surface area (TPSA) is 17.1 Å². The number of aldehydes is 1. The number of allylic oxidation sites excluding steroid dienone is 2. The molecule has 0 aromatic carbocycles. The summed E-state index contributed by atoms with van der Waals surface area (Å²) in [7, 11) is 1.84. The van der Waals surface area contributed by atoms with Crippen LogP contribution in [0.3, 0.4) is 0 Å². The first-order valence-electron chi connectivity index (χ1n) is 2.10. The van der Waals surface area contributed by atoms with Crippen molar-refractivity contribution in [1.29, 1.82) is 0 Å². The van der Waals surface area contributed by atoms with Crippen molar-refractivity contribution in [2.45, 2.75) is 0 Å². The molecular formula is C5H4BO. The van der Waals surface area contributed by atoms with Crippen molar-refractivity contribution in [2.75, 3.05) is 0 Å². The van der Waals surface area contributed by atoms with E-state index in [-0.39, 0.29) is 0 Å². The second-order valence-electron chi connectivity index (χ2n) is 1.34. The normalized spacial score (nSPS) is 15.7. The molecule has 1 radical (unpaired) electrons. The summed E-state index contributed by atoms with van der Waals surface area (Å²) in [5.74, 6) is 3.61. The fourth-order valence-corrected chi connectivity index (χ4v) is 0.467. The molecule has 1 rings (SSSR count). The van der Waals surface area contributed by atoms with Crippen molar-refractivity contribution < 1.29 is 4.79 Å². The standard InChI is InChI=1S/C5H4BO/c7-4-5-1-2-6-3-5/h1-4H. The molecule has 1 nitrogen and oxygen atoms in total. The monoisotopic (exact) mass is 91.0 g/mol. The maximum Gasteiger partial charge on any atom is 0.172 e. The molecule has 1 aliphatic heterocycles. The fourth-order valence-electron chi connectivity index (χ4n) is 0.467. The summed E-state index contributed by atoms with van der Waals surface area (Å²) in [5, 5.41) is 0. The Labute approximate surface area is 43.0 Å². The van der Waals surface area contributed by atoms with Gasteiger partial charge in [0.2, 0.25) is 0 Å². The van der Waals surface area contributed by atoms with Gasteiger partial charge in [0.25, 0.3) is 0 Å². The first kappa shape index (κ1) is 4.38. The van der Waals surface area contributed by atoms with Crippen LogP contribution in [-0.2, 0) is 4.79 Å². The van der Waals surface area contributed by atoms with Gasteiger partial charge in [0.05, 0.1) is 0 Å². The van der Waals surface area contributed by atoms with Gasteiger partial charge in [-0.15, -0.1) is 12.0 Å². The zero-order valence-electron chi connectivity index (χ0n) is 3.79. The van der Waals surface area contributed by atoms with Gasteiger partial charge in [-0.05, 0) is 0 Å². The maximum atomic E-state index is 9.87. The molecule has 33 valence electrons. The van der Waals surface area contributed by atoms with Crippen molar-refractivity contribution in [3.8, 4) is 0 Å². The Bertz CT molecular complexity index is 135.